The van der Waals surface area contributed by atoms with Crippen LogP contribution in [-0.2, 0) is 22.7 Å². The molecule has 3 rings (SSSR count). The minimum absolute atomic E-state index is 0.103. The summed E-state index contributed by atoms with van der Waals surface area (Å²) in [5.74, 6) is -0.326. The Hall–Kier alpha value is -3.09. The molecule has 0 fully saturated rings. The van der Waals surface area contributed by atoms with Crippen LogP contribution in [0.25, 0.3) is 0 Å². The highest BCUT2D eigenvalue weighted by Gasteiger charge is 2.14. The third-order valence-corrected chi connectivity index (χ3v) is 5.49. The number of amides is 2. The first-order chi connectivity index (χ1) is 14.6. The zero-order valence-electron chi connectivity index (χ0n) is 16.7. The van der Waals surface area contributed by atoms with E-state index in [0.717, 1.165) is 16.0 Å². The summed E-state index contributed by atoms with van der Waals surface area (Å²) in [6, 6.07) is 27.7. The first-order valence-electron chi connectivity index (χ1n) is 9.70. The zero-order valence-corrected chi connectivity index (χ0v) is 17.5. The molecule has 154 valence electrons. The number of nitrogens with two attached hydrogens (primary N) is 1. The van der Waals surface area contributed by atoms with E-state index in [4.69, 9.17) is 5.73 Å². The number of carbonyl (C=O) groups excluding carboxylic acids is 2. The molecular weight excluding hydrogens is 394 g/mol. The lowest BCUT2D eigenvalue weighted by Crippen LogP contribution is -2.32. The number of benzene rings is 3. The quantitative estimate of drug-likeness (QED) is 0.489. The van der Waals surface area contributed by atoms with Crippen LogP contribution in [0, 0.1) is 0 Å². The minimum Gasteiger partial charge on any atom is -0.369 e. The highest BCUT2D eigenvalue weighted by atomic mass is 32.2. The second kappa shape index (κ2) is 11.2. The largest absolute Gasteiger partial charge is 0.369 e. The Morgan fingerprint density at radius 3 is 1.90 bits per heavy atom. The average Bonchev–Trinajstić information content (AvgIpc) is 2.74. The van der Waals surface area contributed by atoms with Gasteiger partial charge in [-0.3, -0.25) is 14.5 Å². The van der Waals surface area contributed by atoms with Crippen molar-refractivity contribution < 1.29 is 9.59 Å². The van der Waals surface area contributed by atoms with Gasteiger partial charge in [-0.05, 0) is 23.3 Å². The van der Waals surface area contributed by atoms with Crippen LogP contribution in [0.3, 0.4) is 0 Å². The van der Waals surface area contributed by atoms with E-state index in [1.165, 1.54) is 11.8 Å². The summed E-state index contributed by atoms with van der Waals surface area (Å²) in [7, 11) is 0. The molecule has 3 N–H and O–H groups in total. The summed E-state index contributed by atoms with van der Waals surface area (Å²) in [6.45, 7) is 1.58. The molecule has 3 aromatic carbocycles. The first kappa shape index (κ1) is 21.6. The van der Waals surface area contributed by atoms with Crippen molar-refractivity contribution in [2.75, 3.05) is 17.6 Å². The molecule has 0 atom stereocenters. The van der Waals surface area contributed by atoms with Crippen molar-refractivity contribution >= 4 is 29.3 Å². The molecule has 0 saturated carbocycles. The number of rotatable bonds is 10. The number of anilines is 1. The second-order valence-electron chi connectivity index (χ2n) is 6.92. The van der Waals surface area contributed by atoms with Gasteiger partial charge >= 0.3 is 0 Å². The maximum absolute atomic E-state index is 12.8. The van der Waals surface area contributed by atoms with Crippen LogP contribution in [0.4, 0.5) is 5.69 Å². The fourth-order valence-corrected chi connectivity index (χ4v) is 3.84. The van der Waals surface area contributed by atoms with Crippen molar-refractivity contribution in [3.05, 3.63) is 96.1 Å². The Kier molecular flexibility index (Phi) is 8.06. The van der Waals surface area contributed by atoms with Gasteiger partial charge in [0.1, 0.15) is 0 Å². The molecule has 0 radical (unpaired) electrons. The third-order valence-electron chi connectivity index (χ3n) is 4.40. The lowest BCUT2D eigenvalue weighted by molar-refractivity contribution is -0.117. The predicted molar refractivity (Wildman–Crippen MR) is 122 cm³/mol. The molecule has 30 heavy (non-hydrogen) atoms. The van der Waals surface area contributed by atoms with E-state index < -0.39 is 5.91 Å². The second-order valence-corrected chi connectivity index (χ2v) is 7.93. The van der Waals surface area contributed by atoms with Gasteiger partial charge in [-0.2, -0.15) is 0 Å². The highest BCUT2D eigenvalue weighted by Crippen LogP contribution is 2.26. The van der Waals surface area contributed by atoms with Crippen molar-refractivity contribution in [2.45, 2.75) is 18.0 Å². The maximum atomic E-state index is 12.8. The molecule has 2 amide bonds. The number of carbonyl (C=O) groups is 2. The Labute approximate surface area is 181 Å². The molecule has 0 aromatic heterocycles. The van der Waals surface area contributed by atoms with Crippen LogP contribution in [0.1, 0.15) is 11.1 Å². The van der Waals surface area contributed by atoms with Gasteiger partial charge in [0.25, 0.3) is 0 Å². The van der Waals surface area contributed by atoms with Crippen molar-refractivity contribution in [1.82, 2.24) is 4.90 Å². The van der Waals surface area contributed by atoms with Gasteiger partial charge < -0.3 is 11.1 Å². The number of primary amides is 1. The maximum Gasteiger partial charge on any atom is 0.238 e. The van der Waals surface area contributed by atoms with Gasteiger partial charge in [-0.15, -0.1) is 11.8 Å². The summed E-state index contributed by atoms with van der Waals surface area (Å²) in [6.07, 6.45) is 0. The van der Waals surface area contributed by atoms with E-state index in [0.29, 0.717) is 18.8 Å². The van der Waals surface area contributed by atoms with Crippen LogP contribution < -0.4 is 11.1 Å². The highest BCUT2D eigenvalue weighted by molar-refractivity contribution is 8.00. The first-order valence-corrected chi connectivity index (χ1v) is 10.7. The van der Waals surface area contributed by atoms with Crippen molar-refractivity contribution in [1.29, 1.82) is 0 Å². The molecule has 0 heterocycles. The normalized spacial score (nSPS) is 10.7. The fourth-order valence-electron chi connectivity index (χ4n) is 3.09. The summed E-state index contributed by atoms with van der Waals surface area (Å²) in [5, 5.41) is 2.98. The van der Waals surface area contributed by atoms with Crippen LogP contribution >= 0.6 is 11.8 Å². The third kappa shape index (κ3) is 7.06. The summed E-state index contributed by atoms with van der Waals surface area (Å²) in [4.78, 5) is 26.9. The number of hydrogen-bond donors (Lipinski definition) is 2. The molecule has 0 saturated heterocycles. The summed E-state index contributed by atoms with van der Waals surface area (Å²) < 4.78 is 0. The molecule has 5 nitrogen and oxygen atoms in total. The van der Waals surface area contributed by atoms with Gasteiger partial charge in [-0.25, -0.2) is 0 Å². The van der Waals surface area contributed by atoms with E-state index in [1.807, 2.05) is 60.7 Å². The van der Waals surface area contributed by atoms with Crippen LogP contribution in [0.15, 0.2) is 89.8 Å². The average molecular weight is 420 g/mol. The standard InChI is InChI=1S/C24H25N3O2S/c25-23(28)18-30-22-14-8-7-13-21(22)26-24(29)17-27(15-19-9-3-1-4-10-19)16-20-11-5-2-6-12-20/h1-14H,15-18H2,(H2,25,28)(H,26,29). The Bertz CT molecular complexity index is 923. The molecule has 6 heteroatoms. The Morgan fingerprint density at radius 1 is 0.800 bits per heavy atom. The molecule has 0 bridgehead atoms. The monoisotopic (exact) mass is 419 g/mol. The van der Waals surface area contributed by atoms with Crippen LogP contribution in [0.5, 0.6) is 0 Å². The smallest absolute Gasteiger partial charge is 0.238 e. The SMILES string of the molecule is NC(=O)CSc1ccccc1NC(=O)CN(Cc1ccccc1)Cc1ccccc1. The zero-order chi connectivity index (χ0) is 21.2. The van der Waals surface area contributed by atoms with Gasteiger partial charge in [0.15, 0.2) is 0 Å². The van der Waals surface area contributed by atoms with E-state index in [9.17, 15) is 9.59 Å². The number of nitrogens with one attached hydrogen (secondary N) is 1. The van der Waals surface area contributed by atoms with Crippen LogP contribution in [0.2, 0.25) is 0 Å². The van der Waals surface area contributed by atoms with Gasteiger partial charge in [-0.1, -0.05) is 72.8 Å². The van der Waals surface area contributed by atoms with Crippen LogP contribution in [-0.4, -0.2) is 29.0 Å². The number of thioether (sulfide) groups is 1. The van der Waals surface area contributed by atoms with Gasteiger partial charge in [0.05, 0.1) is 18.0 Å². The molecule has 0 aliphatic carbocycles. The molecule has 0 spiro atoms. The Morgan fingerprint density at radius 2 is 1.33 bits per heavy atom. The number of nitrogens with zero attached hydrogens (tertiary/aromatic N) is 1. The summed E-state index contributed by atoms with van der Waals surface area (Å²) in [5.41, 5.74) is 8.24. The minimum atomic E-state index is -0.391. The fraction of sp³-hybridized carbons (Fsp3) is 0.167. The van der Waals surface area contributed by atoms with Crippen molar-refractivity contribution in [3.8, 4) is 0 Å². The predicted octanol–water partition coefficient (Wildman–Crippen LogP) is 3.90. The van der Waals surface area contributed by atoms with E-state index in [1.54, 1.807) is 0 Å². The molecule has 0 unspecified atom stereocenters. The van der Waals surface area contributed by atoms with E-state index in [-0.39, 0.29) is 18.2 Å². The number of hydrogen-bond acceptors (Lipinski definition) is 4. The van der Waals surface area contributed by atoms with Gasteiger partial charge in [0.2, 0.25) is 11.8 Å². The van der Waals surface area contributed by atoms with E-state index in [2.05, 4.69) is 34.5 Å². The molecule has 0 aliphatic heterocycles. The van der Waals surface area contributed by atoms with Crippen molar-refractivity contribution in [3.63, 3.8) is 0 Å². The van der Waals surface area contributed by atoms with E-state index >= 15 is 0 Å². The molecular formula is C24H25N3O2S. The van der Waals surface area contributed by atoms with Gasteiger partial charge in [0, 0.05) is 18.0 Å². The Balaban J connectivity index is 1.69. The van der Waals surface area contributed by atoms with Crippen molar-refractivity contribution in [2.24, 2.45) is 5.73 Å². The summed E-state index contributed by atoms with van der Waals surface area (Å²) >= 11 is 1.32. The number of para-hydroxylation sites is 1. The topological polar surface area (TPSA) is 75.4 Å². The lowest BCUT2D eigenvalue weighted by Gasteiger charge is -2.22. The molecule has 0 aliphatic rings. The molecule has 3 aromatic rings. The lowest BCUT2D eigenvalue weighted by atomic mass is 10.1.